The molecule has 7 heteroatoms. The number of hydrogen-bond acceptors (Lipinski definition) is 3. The van der Waals surface area contributed by atoms with E-state index in [1.165, 1.54) is 24.3 Å². The number of anilines is 1. The second-order valence-electron chi connectivity index (χ2n) is 6.99. The van der Waals surface area contributed by atoms with E-state index in [4.69, 9.17) is 5.73 Å². The van der Waals surface area contributed by atoms with Crippen molar-refractivity contribution in [1.82, 2.24) is 9.78 Å². The summed E-state index contributed by atoms with van der Waals surface area (Å²) in [4.78, 5) is 23.8. The lowest BCUT2D eigenvalue weighted by Gasteiger charge is -2.03. The standard InChI is InChI=1S/C25H19FN4O2/c26-20-12-9-17(10-13-20)24-19(16-30(29-24)22-7-2-1-3-8-22)11-14-23(31)28-21-6-4-5-18(15-21)25(27)32/h1-16H,(H2,27,32)(H,28,31)/b14-11+. The Kier molecular flexibility index (Phi) is 5.89. The number of amides is 2. The number of aromatic nitrogens is 2. The molecule has 2 amide bonds. The largest absolute Gasteiger partial charge is 0.366 e. The molecule has 3 N–H and O–H groups in total. The molecule has 0 radical (unpaired) electrons. The van der Waals surface area contributed by atoms with Crippen LogP contribution in [0.3, 0.4) is 0 Å². The number of primary amides is 1. The minimum Gasteiger partial charge on any atom is -0.366 e. The quantitative estimate of drug-likeness (QED) is 0.447. The van der Waals surface area contributed by atoms with Crippen LogP contribution in [0.2, 0.25) is 0 Å². The summed E-state index contributed by atoms with van der Waals surface area (Å²) in [6.45, 7) is 0. The van der Waals surface area contributed by atoms with E-state index >= 15 is 0 Å². The fourth-order valence-corrected chi connectivity index (χ4v) is 3.15. The van der Waals surface area contributed by atoms with Gasteiger partial charge in [-0.1, -0.05) is 24.3 Å². The van der Waals surface area contributed by atoms with Gasteiger partial charge in [-0.15, -0.1) is 0 Å². The Morgan fingerprint density at radius 3 is 2.44 bits per heavy atom. The summed E-state index contributed by atoms with van der Waals surface area (Å²) in [7, 11) is 0. The summed E-state index contributed by atoms with van der Waals surface area (Å²) in [5, 5.41) is 7.34. The van der Waals surface area contributed by atoms with Gasteiger partial charge in [0.05, 0.1) is 11.4 Å². The van der Waals surface area contributed by atoms with Crippen molar-refractivity contribution in [3.05, 3.63) is 108 Å². The highest BCUT2D eigenvalue weighted by molar-refractivity contribution is 6.03. The maximum Gasteiger partial charge on any atom is 0.248 e. The minimum absolute atomic E-state index is 0.300. The lowest BCUT2D eigenvalue weighted by Crippen LogP contribution is -2.12. The average molecular weight is 426 g/mol. The van der Waals surface area contributed by atoms with E-state index in [0.717, 1.165) is 11.3 Å². The minimum atomic E-state index is -0.575. The maximum atomic E-state index is 13.4. The van der Waals surface area contributed by atoms with E-state index in [9.17, 15) is 14.0 Å². The van der Waals surface area contributed by atoms with Gasteiger partial charge in [0.15, 0.2) is 0 Å². The second-order valence-corrected chi connectivity index (χ2v) is 6.99. The maximum absolute atomic E-state index is 13.4. The number of benzene rings is 3. The van der Waals surface area contributed by atoms with Crippen molar-refractivity contribution in [1.29, 1.82) is 0 Å². The van der Waals surface area contributed by atoms with Gasteiger partial charge in [0.25, 0.3) is 0 Å². The van der Waals surface area contributed by atoms with Crippen molar-refractivity contribution < 1.29 is 14.0 Å². The number of nitrogens with one attached hydrogen (secondary N) is 1. The normalized spacial score (nSPS) is 10.9. The van der Waals surface area contributed by atoms with Crippen LogP contribution in [0.15, 0.2) is 91.1 Å². The summed E-state index contributed by atoms with van der Waals surface area (Å²) in [6, 6.07) is 21.9. The molecule has 0 fully saturated rings. The highest BCUT2D eigenvalue weighted by Gasteiger charge is 2.11. The third-order valence-corrected chi connectivity index (χ3v) is 4.71. The van der Waals surface area contributed by atoms with Gasteiger partial charge in [0.1, 0.15) is 5.82 Å². The molecule has 158 valence electrons. The molecular formula is C25H19FN4O2. The van der Waals surface area contributed by atoms with Gasteiger partial charge in [0.2, 0.25) is 11.8 Å². The van der Waals surface area contributed by atoms with Gasteiger partial charge >= 0.3 is 0 Å². The lowest BCUT2D eigenvalue weighted by atomic mass is 10.1. The number of nitrogens with two attached hydrogens (primary N) is 1. The van der Waals surface area contributed by atoms with Gasteiger partial charge in [-0.05, 0) is 60.7 Å². The molecule has 0 saturated heterocycles. The van der Waals surface area contributed by atoms with Crippen LogP contribution >= 0.6 is 0 Å². The Labute approximate surface area is 183 Å². The molecule has 0 saturated carbocycles. The number of rotatable bonds is 6. The Morgan fingerprint density at radius 2 is 1.72 bits per heavy atom. The molecule has 0 bridgehead atoms. The van der Waals surface area contributed by atoms with Crippen LogP contribution in [-0.4, -0.2) is 21.6 Å². The Hall–Kier alpha value is -4.52. The first-order valence-electron chi connectivity index (χ1n) is 9.79. The summed E-state index contributed by atoms with van der Waals surface area (Å²) in [6.07, 6.45) is 4.81. The molecule has 3 aromatic carbocycles. The van der Waals surface area contributed by atoms with Crippen molar-refractivity contribution >= 4 is 23.6 Å². The van der Waals surface area contributed by atoms with E-state index in [-0.39, 0.29) is 11.7 Å². The van der Waals surface area contributed by atoms with Crippen LogP contribution in [0, 0.1) is 5.82 Å². The van der Waals surface area contributed by atoms with Crippen molar-refractivity contribution in [2.75, 3.05) is 5.32 Å². The Morgan fingerprint density at radius 1 is 0.969 bits per heavy atom. The lowest BCUT2D eigenvalue weighted by molar-refractivity contribution is -0.111. The van der Waals surface area contributed by atoms with E-state index in [1.54, 1.807) is 47.3 Å². The SMILES string of the molecule is NC(=O)c1cccc(NC(=O)/C=C/c2cn(-c3ccccc3)nc2-c2ccc(F)cc2)c1. The van der Waals surface area contributed by atoms with Gasteiger partial charge in [0, 0.05) is 34.7 Å². The van der Waals surface area contributed by atoms with E-state index in [1.807, 2.05) is 30.3 Å². The number of carbonyl (C=O) groups is 2. The third-order valence-electron chi connectivity index (χ3n) is 4.71. The smallest absolute Gasteiger partial charge is 0.248 e. The van der Waals surface area contributed by atoms with Crippen LogP contribution in [0.25, 0.3) is 23.0 Å². The monoisotopic (exact) mass is 426 g/mol. The van der Waals surface area contributed by atoms with Crippen molar-refractivity contribution in [2.45, 2.75) is 0 Å². The number of halogens is 1. The van der Waals surface area contributed by atoms with Crippen LogP contribution in [0.4, 0.5) is 10.1 Å². The Bertz CT molecular complexity index is 1300. The first kappa shape index (κ1) is 20.7. The van der Waals surface area contributed by atoms with Gasteiger partial charge in [-0.2, -0.15) is 5.10 Å². The first-order chi connectivity index (χ1) is 15.5. The molecule has 6 nitrogen and oxygen atoms in total. The summed E-state index contributed by atoms with van der Waals surface area (Å²) >= 11 is 0. The van der Waals surface area contributed by atoms with Crippen molar-refractivity contribution in [3.63, 3.8) is 0 Å². The summed E-state index contributed by atoms with van der Waals surface area (Å²) in [5.74, 6) is -1.30. The average Bonchev–Trinajstić information content (AvgIpc) is 3.23. The van der Waals surface area contributed by atoms with Crippen LogP contribution < -0.4 is 11.1 Å². The molecule has 0 unspecified atom stereocenters. The van der Waals surface area contributed by atoms with Gasteiger partial charge in [-0.25, -0.2) is 9.07 Å². The topological polar surface area (TPSA) is 90.0 Å². The van der Waals surface area contributed by atoms with Crippen molar-refractivity contribution in [2.24, 2.45) is 5.73 Å². The van der Waals surface area contributed by atoms with E-state index in [2.05, 4.69) is 10.4 Å². The molecule has 0 atom stereocenters. The molecule has 0 spiro atoms. The molecule has 0 aliphatic carbocycles. The fraction of sp³-hybridized carbons (Fsp3) is 0. The summed E-state index contributed by atoms with van der Waals surface area (Å²) < 4.78 is 15.1. The van der Waals surface area contributed by atoms with Gasteiger partial charge in [-0.3, -0.25) is 9.59 Å². The number of hydrogen-bond donors (Lipinski definition) is 2. The molecule has 32 heavy (non-hydrogen) atoms. The third kappa shape index (κ3) is 4.79. The molecule has 4 aromatic rings. The highest BCUT2D eigenvalue weighted by atomic mass is 19.1. The zero-order chi connectivity index (χ0) is 22.5. The van der Waals surface area contributed by atoms with Crippen LogP contribution in [-0.2, 0) is 4.79 Å². The number of para-hydroxylation sites is 1. The predicted octanol–water partition coefficient (Wildman–Crippen LogP) is 4.43. The van der Waals surface area contributed by atoms with Crippen LogP contribution in [0.5, 0.6) is 0 Å². The molecule has 4 rings (SSSR count). The van der Waals surface area contributed by atoms with E-state index < -0.39 is 5.91 Å². The second kappa shape index (κ2) is 9.09. The van der Waals surface area contributed by atoms with Gasteiger partial charge < -0.3 is 11.1 Å². The molecule has 1 heterocycles. The molecule has 0 aliphatic rings. The number of carbonyl (C=O) groups excluding carboxylic acids is 2. The molecular weight excluding hydrogens is 407 g/mol. The van der Waals surface area contributed by atoms with Crippen LogP contribution in [0.1, 0.15) is 15.9 Å². The summed E-state index contributed by atoms with van der Waals surface area (Å²) in [5.41, 5.74) is 8.89. The fourth-order valence-electron chi connectivity index (χ4n) is 3.15. The first-order valence-corrected chi connectivity index (χ1v) is 9.79. The zero-order valence-corrected chi connectivity index (χ0v) is 16.9. The number of nitrogens with zero attached hydrogens (tertiary/aromatic N) is 2. The molecule has 1 aromatic heterocycles. The molecule has 0 aliphatic heterocycles. The predicted molar refractivity (Wildman–Crippen MR) is 122 cm³/mol. The van der Waals surface area contributed by atoms with Crippen molar-refractivity contribution in [3.8, 4) is 16.9 Å². The Balaban J connectivity index is 1.63. The van der Waals surface area contributed by atoms with E-state index in [0.29, 0.717) is 22.5 Å². The zero-order valence-electron chi connectivity index (χ0n) is 16.9. The highest BCUT2D eigenvalue weighted by Crippen LogP contribution is 2.25.